The summed E-state index contributed by atoms with van der Waals surface area (Å²) in [5.74, 6) is 0. The molecule has 1 atom stereocenters. The standard InChI is InChI=1S/C6H14FNO/c1-8-5-6(7)3-4-9-2/h6,8H,3-5H2,1-2H3/t6-/m1/s1. The molecule has 0 amide bonds. The highest BCUT2D eigenvalue weighted by Crippen LogP contribution is 1.94. The molecule has 3 heteroatoms. The molecule has 1 N–H and O–H groups in total. The molecule has 0 saturated carbocycles. The number of alkyl halides is 1. The molecular formula is C6H14FNO. The van der Waals surface area contributed by atoms with Gasteiger partial charge >= 0.3 is 0 Å². The number of hydrogen-bond donors (Lipinski definition) is 1. The molecule has 0 aliphatic heterocycles. The van der Waals surface area contributed by atoms with Crippen LogP contribution in [-0.4, -0.2) is 33.5 Å². The first kappa shape index (κ1) is 8.85. The smallest absolute Gasteiger partial charge is 0.115 e. The molecule has 0 fully saturated rings. The summed E-state index contributed by atoms with van der Waals surface area (Å²) < 4.78 is 17.1. The van der Waals surface area contributed by atoms with Crippen LogP contribution in [0.3, 0.4) is 0 Å². The van der Waals surface area contributed by atoms with Crippen LogP contribution in [0.15, 0.2) is 0 Å². The van der Waals surface area contributed by atoms with E-state index in [0.29, 0.717) is 19.6 Å². The number of methoxy groups -OCH3 is 1. The van der Waals surface area contributed by atoms with Crippen molar-refractivity contribution in [2.24, 2.45) is 0 Å². The van der Waals surface area contributed by atoms with E-state index in [4.69, 9.17) is 4.74 Å². The van der Waals surface area contributed by atoms with Gasteiger partial charge in [0.2, 0.25) is 0 Å². The van der Waals surface area contributed by atoms with Crippen LogP contribution in [0.5, 0.6) is 0 Å². The quantitative estimate of drug-likeness (QED) is 0.595. The van der Waals surface area contributed by atoms with Gasteiger partial charge < -0.3 is 10.1 Å². The Hall–Kier alpha value is -0.150. The Morgan fingerprint density at radius 3 is 2.78 bits per heavy atom. The minimum atomic E-state index is -0.769. The third-order valence-corrected chi connectivity index (χ3v) is 1.06. The predicted octanol–water partition coefficient (Wildman–Crippen LogP) is 0.580. The Morgan fingerprint density at radius 1 is 1.67 bits per heavy atom. The van der Waals surface area contributed by atoms with E-state index < -0.39 is 6.17 Å². The predicted molar refractivity (Wildman–Crippen MR) is 35.3 cm³/mol. The average molecular weight is 135 g/mol. The van der Waals surface area contributed by atoms with E-state index in [2.05, 4.69) is 5.32 Å². The van der Waals surface area contributed by atoms with E-state index in [9.17, 15) is 4.39 Å². The first-order chi connectivity index (χ1) is 4.31. The monoisotopic (exact) mass is 135 g/mol. The Morgan fingerprint density at radius 2 is 2.33 bits per heavy atom. The van der Waals surface area contributed by atoms with Crippen molar-refractivity contribution in [2.75, 3.05) is 27.3 Å². The molecule has 0 aromatic carbocycles. The van der Waals surface area contributed by atoms with Crippen LogP contribution in [0.1, 0.15) is 6.42 Å². The van der Waals surface area contributed by atoms with Crippen LogP contribution < -0.4 is 5.32 Å². The fourth-order valence-electron chi connectivity index (χ4n) is 0.569. The molecule has 0 radical (unpaired) electrons. The van der Waals surface area contributed by atoms with Crippen LogP contribution in [0.2, 0.25) is 0 Å². The lowest BCUT2D eigenvalue weighted by Gasteiger charge is -2.04. The van der Waals surface area contributed by atoms with Crippen LogP contribution in [0, 0.1) is 0 Å². The summed E-state index contributed by atoms with van der Waals surface area (Å²) in [5, 5.41) is 2.75. The first-order valence-corrected chi connectivity index (χ1v) is 3.09. The highest BCUT2D eigenvalue weighted by Gasteiger charge is 2.02. The second-order valence-corrected chi connectivity index (χ2v) is 1.94. The number of hydrogen-bond acceptors (Lipinski definition) is 2. The summed E-state index contributed by atoms with van der Waals surface area (Å²) in [4.78, 5) is 0. The maximum absolute atomic E-state index is 12.4. The maximum atomic E-state index is 12.4. The van der Waals surface area contributed by atoms with Crippen LogP contribution >= 0.6 is 0 Å². The summed E-state index contributed by atoms with van der Waals surface area (Å²) in [5.41, 5.74) is 0. The lowest BCUT2D eigenvalue weighted by atomic mass is 10.3. The maximum Gasteiger partial charge on any atom is 0.115 e. The SMILES string of the molecule is CNC[C@H](F)CCOC. The molecule has 2 nitrogen and oxygen atoms in total. The molecule has 0 heterocycles. The van der Waals surface area contributed by atoms with Crippen LogP contribution in [0.25, 0.3) is 0 Å². The van der Waals surface area contributed by atoms with Gasteiger partial charge in [0.1, 0.15) is 6.17 Å². The number of rotatable bonds is 5. The van der Waals surface area contributed by atoms with Gasteiger partial charge in [0.05, 0.1) is 0 Å². The largest absolute Gasteiger partial charge is 0.385 e. The minimum Gasteiger partial charge on any atom is -0.385 e. The molecule has 0 bridgehead atoms. The number of nitrogens with one attached hydrogen (secondary N) is 1. The highest BCUT2D eigenvalue weighted by molar-refractivity contribution is 4.56. The van der Waals surface area contributed by atoms with Gasteiger partial charge in [-0.1, -0.05) is 0 Å². The Balaban J connectivity index is 2.95. The fraction of sp³-hybridized carbons (Fsp3) is 1.00. The van der Waals surface area contributed by atoms with Gasteiger partial charge in [0, 0.05) is 26.7 Å². The lowest BCUT2D eigenvalue weighted by molar-refractivity contribution is 0.161. The summed E-state index contributed by atoms with van der Waals surface area (Å²) >= 11 is 0. The van der Waals surface area contributed by atoms with Gasteiger partial charge in [-0.15, -0.1) is 0 Å². The molecule has 0 aromatic heterocycles. The van der Waals surface area contributed by atoms with Gasteiger partial charge in [0.25, 0.3) is 0 Å². The van der Waals surface area contributed by atoms with E-state index in [0.717, 1.165) is 0 Å². The van der Waals surface area contributed by atoms with Gasteiger partial charge in [-0.05, 0) is 7.05 Å². The van der Waals surface area contributed by atoms with E-state index in [1.54, 1.807) is 14.2 Å². The summed E-state index contributed by atoms with van der Waals surface area (Å²) in [6.45, 7) is 0.923. The summed E-state index contributed by atoms with van der Waals surface area (Å²) in [6.07, 6.45) is -0.285. The van der Waals surface area contributed by atoms with Gasteiger partial charge in [-0.25, -0.2) is 4.39 Å². The van der Waals surface area contributed by atoms with Crippen LogP contribution in [0.4, 0.5) is 4.39 Å². The van der Waals surface area contributed by atoms with Crippen molar-refractivity contribution >= 4 is 0 Å². The molecule has 0 aliphatic carbocycles. The zero-order chi connectivity index (χ0) is 7.11. The molecular weight excluding hydrogens is 121 g/mol. The Kier molecular flexibility index (Phi) is 5.88. The highest BCUT2D eigenvalue weighted by atomic mass is 19.1. The zero-order valence-corrected chi connectivity index (χ0v) is 5.98. The van der Waals surface area contributed by atoms with E-state index >= 15 is 0 Å². The third-order valence-electron chi connectivity index (χ3n) is 1.06. The molecule has 0 saturated heterocycles. The molecule has 56 valence electrons. The van der Waals surface area contributed by atoms with Crippen molar-refractivity contribution in [1.29, 1.82) is 0 Å². The van der Waals surface area contributed by atoms with Gasteiger partial charge in [-0.2, -0.15) is 0 Å². The first-order valence-electron chi connectivity index (χ1n) is 3.09. The molecule has 0 spiro atoms. The van der Waals surface area contributed by atoms with Gasteiger partial charge in [-0.3, -0.25) is 0 Å². The number of ether oxygens (including phenoxy) is 1. The molecule has 9 heavy (non-hydrogen) atoms. The van der Waals surface area contributed by atoms with E-state index in [-0.39, 0.29) is 0 Å². The Labute approximate surface area is 55.4 Å². The average Bonchev–Trinajstić information content (AvgIpc) is 1.85. The zero-order valence-electron chi connectivity index (χ0n) is 5.98. The molecule has 0 unspecified atom stereocenters. The summed E-state index contributed by atoms with van der Waals surface area (Å²) in [7, 11) is 3.31. The van der Waals surface area contributed by atoms with Gasteiger partial charge in [0.15, 0.2) is 0 Å². The van der Waals surface area contributed by atoms with Crippen molar-refractivity contribution in [2.45, 2.75) is 12.6 Å². The fourth-order valence-corrected chi connectivity index (χ4v) is 0.569. The van der Waals surface area contributed by atoms with E-state index in [1.165, 1.54) is 0 Å². The van der Waals surface area contributed by atoms with Crippen molar-refractivity contribution in [3.8, 4) is 0 Å². The molecule has 0 aliphatic rings. The topological polar surface area (TPSA) is 21.3 Å². The van der Waals surface area contributed by atoms with Crippen molar-refractivity contribution in [1.82, 2.24) is 5.32 Å². The molecule has 0 rings (SSSR count). The second-order valence-electron chi connectivity index (χ2n) is 1.94. The van der Waals surface area contributed by atoms with Crippen molar-refractivity contribution in [3.63, 3.8) is 0 Å². The normalized spacial score (nSPS) is 13.7. The van der Waals surface area contributed by atoms with E-state index in [1.807, 2.05) is 0 Å². The lowest BCUT2D eigenvalue weighted by Crippen LogP contribution is -2.20. The van der Waals surface area contributed by atoms with Crippen molar-refractivity contribution in [3.05, 3.63) is 0 Å². The second kappa shape index (κ2) is 5.98. The Bertz CT molecular complexity index is 61.0. The van der Waals surface area contributed by atoms with Crippen molar-refractivity contribution < 1.29 is 9.13 Å². The number of halogens is 1. The summed E-state index contributed by atoms with van der Waals surface area (Å²) in [6, 6.07) is 0. The molecule has 0 aromatic rings. The minimum absolute atomic E-state index is 0.420. The third kappa shape index (κ3) is 5.73. The van der Waals surface area contributed by atoms with Crippen LogP contribution in [-0.2, 0) is 4.74 Å².